The van der Waals surface area contributed by atoms with E-state index < -0.39 is 0 Å². The molecule has 1 aromatic carbocycles. The Hall–Kier alpha value is -0.410. The van der Waals surface area contributed by atoms with Crippen LogP contribution in [0.3, 0.4) is 0 Å². The minimum atomic E-state index is -0.193. The van der Waals surface area contributed by atoms with Gasteiger partial charge in [-0.3, -0.25) is 0 Å². The summed E-state index contributed by atoms with van der Waals surface area (Å²) in [6.45, 7) is 7.42. The third-order valence-corrected chi connectivity index (χ3v) is 3.70. The van der Waals surface area contributed by atoms with Crippen LogP contribution >= 0.6 is 15.9 Å². The van der Waals surface area contributed by atoms with Crippen LogP contribution in [-0.2, 0) is 6.54 Å². The number of benzene rings is 1. The smallest absolute Gasteiger partial charge is 0.137 e. The van der Waals surface area contributed by atoms with E-state index >= 15 is 0 Å². The third kappa shape index (κ3) is 5.96. The van der Waals surface area contributed by atoms with Crippen LogP contribution in [0, 0.1) is 11.7 Å². The predicted molar refractivity (Wildman–Crippen MR) is 79.1 cm³/mol. The minimum Gasteiger partial charge on any atom is -0.310 e. The molecule has 0 aliphatic rings. The molecule has 1 unspecified atom stereocenters. The first kappa shape index (κ1) is 15.6. The minimum absolute atomic E-state index is 0.193. The maximum atomic E-state index is 13.3. The highest BCUT2D eigenvalue weighted by Crippen LogP contribution is 2.16. The van der Waals surface area contributed by atoms with Crippen LogP contribution in [0.1, 0.15) is 45.6 Å². The first-order valence-electron chi connectivity index (χ1n) is 6.66. The Morgan fingerprint density at radius 3 is 2.56 bits per heavy atom. The molecule has 0 aliphatic carbocycles. The summed E-state index contributed by atoms with van der Waals surface area (Å²) >= 11 is 3.16. The molecule has 3 heteroatoms. The van der Waals surface area contributed by atoms with Crippen LogP contribution in [0.4, 0.5) is 4.39 Å². The molecule has 0 spiro atoms. The fourth-order valence-electron chi connectivity index (χ4n) is 1.88. The van der Waals surface area contributed by atoms with E-state index in [1.165, 1.54) is 19.3 Å². The molecule has 0 aliphatic heterocycles. The van der Waals surface area contributed by atoms with Gasteiger partial charge in [0.05, 0.1) is 4.47 Å². The molecule has 18 heavy (non-hydrogen) atoms. The average Bonchev–Trinajstić information content (AvgIpc) is 2.30. The zero-order chi connectivity index (χ0) is 13.5. The maximum absolute atomic E-state index is 13.3. The summed E-state index contributed by atoms with van der Waals surface area (Å²) in [5.41, 5.74) is 0.992. The van der Waals surface area contributed by atoms with Gasteiger partial charge in [0.15, 0.2) is 0 Å². The third-order valence-electron chi connectivity index (χ3n) is 3.06. The first-order chi connectivity index (χ1) is 8.49. The van der Waals surface area contributed by atoms with Gasteiger partial charge < -0.3 is 5.32 Å². The summed E-state index contributed by atoms with van der Waals surface area (Å²) in [5.74, 6) is 0.583. The molecule has 0 bridgehead atoms. The Balaban J connectivity index is 2.29. The second-order valence-corrected chi connectivity index (χ2v) is 6.21. The Kier molecular flexibility index (Phi) is 6.87. The van der Waals surface area contributed by atoms with Gasteiger partial charge in [-0.2, -0.15) is 0 Å². The molecule has 1 rings (SSSR count). The normalized spacial score (nSPS) is 13.0. The molecule has 102 valence electrons. The number of rotatable bonds is 7. The highest BCUT2D eigenvalue weighted by atomic mass is 79.9. The monoisotopic (exact) mass is 315 g/mol. The fraction of sp³-hybridized carbons (Fsp3) is 0.600. The molecule has 0 saturated heterocycles. The van der Waals surface area contributed by atoms with Gasteiger partial charge in [-0.05, 0) is 52.9 Å². The van der Waals surface area contributed by atoms with Crippen LogP contribution < -0.4 is 5.32 Å². The van der Waals surface area contributed by atoms with Gasteiger partial charge in [-0.1, -0.05) is 32.8 Å². The molecule has 0 radical (unpaired) electrons. The Bertz CT molecular complexity index is 366. The molecule has 1 aromatic rings. The van der Waals surface area contributed by atoms with E-state index in [-0.39, 0.29) is 5.82 Å². The molecule has 1 atom stereocenters. The van der Waals surface area contributed by atoms with Crippen molar-refractivity contribution in [3.8, 4) is 0 Å². The Labute approximate surface area is 118 Å². The van der Waals surface area contributed by atoms with E-state index in [4.69, 9.17) is 0 Å². The highest BCUT2D eigenvalue weighted by molar-refractivity contribution is 9.10. The van der Waals surface area contributed by atoms with Crippen molar-refractivity contribution in [2.45, 2.75) is 52.6 Å². The molecule has 1 N–H and O–H groups in total. The van der Waals surface area contributed by atoms with Gasteiger partial charge in [0.2, 0.25) is 0 Å². The van der Waals surface area contributed by atoms with Crippen LogP contribution in [0.2, 0.25) is 0 Å². The number of halogens is 2. The van der Waals surface area contributed by atoms with Crippen LogP contribution in [0.25, 0.3) is 0 Å². The Morgan fingerprint density at radius 2 is 1.94 bits per heavy atom. The summed E-state index contributed by atoms with van der Waals surface area (Å²) in [7, 11) is 0. The lowest BCUT2D eigenvalue weighted by atomic mass is 10.0. The van der Waals surface area contributed by atoms with Gasteiger partial charge in [-0.25, -0.2) is 4.39 Å². The van der Waals surface area contributed by atoms with Gasteiger partial charge in [0.25, 0.3) is 0 Å². The molecule has 0 aromatic heterocycles. The number of hydrogen-bond donors (Lipinski definition) is 1. The Morgan fingerprint density at radius 1 is 1.22 bits per heavy atom. The predicted octanol–water partition coefficient (Wildman–Crippen LogP) is 4.89. The van der Waals surface area contributed by atoms with Crippen LogP contribution in [0.5, 0.6) is 0 Å². The van der Waals surface area contributed by atoms with Gasteiger partial charge in [0.1, 0.15) is 5.82 Å². The first-order valence-corrected chi connectivity index (χ1v) is 7.45. The van der Waals surface area contributed by atoms with Crippen molar-refractivity contribution in [3.63, 3.8) is 0 Å². The standard InChI is InChI=1S/C15H23BrFN/c1-11(2)5-4-6-12(3)18-10-13-7-8-14(16)15(17)9-13/h7-9,11-12,18H,4-6,10H2,1-3H3. The van der Waals surface area contributed by atoms with E-state index in [2.05, 4.69) is 42.0 Å². The maximum Gasteiger partial charge on any atom is 0.137 e. The van der Waals surface area contributed by atoms with Crippen LogP contribution in [-0.4, -0.2) is 6.04 Å². The van der Waals surface area contributed by atoms with E-state index in [1.54, 1.807) is 12.1 Å². The van der Waals surface area contributed by atoms with Gasteiger partial charge in [0, 0.05) is 12.6 Å². The van der Waals surface area contributed by atoms with Crippen molar-refractivity contribution in [1.29, 1.82) is 0 Å². The average molecular weight is 316 g/mol. The van der Waals surface area contributed by atoms with E-state index in [1.807, 2.05) is 6.07 Å². The highest BCUT2D eigenvalue weighted by Gasteiger charge is 2.04. The van der Waals surface area contributed by atoms with Gasteiger partial charge in [-0.15, -0.1) is 0 Å². The second kappa shape index (κ2) is 7.90. The largest absolute Gasteiger partial charge is 0.310 e. The van der Waals surface area contributed by atoms with E-state index in [0.29, 0.717) is 10.5 Å². The SMILES string of the molecule is CC(C)CCCC(C)NCc1ccc(Br)c(F)c1. The van der Waals surface area contributed by atoms with Crippen molar-refractivity contribution >= 4 is 15.9 Å². The second-order valence-electron chi connectivity index (χ2n) is 5.36. The van der Waals surface area contributed by atoms with E-state index in [0.717, 1.165) is 18.0 Å². The molecule has 0 amide bonds. The molecule has 0 heterocycles. The zero-order valence-corrected chi connectivity index (χ0v) is 13.1. The molecular formula is C15H23BrFN. The van der Waals surface area contributed by atoms with Gasteiger partial charge >= 0.3 is 0 Å². The van der Waals surface area contributed by atoms with Crippen molar-refractivity contribution in [1.82, 2.24) is 5.32 Å². The summed E-state index contributed by atoms with van der Waals surface area (Å²) in [5, 5.41) is 3.44. The summed E-state index contributed by atoms with van der Waals surface area (Å²) < 4.78 is 13.8. The lowest BCUT2D eigenvalue weighted by Gasteiger charge is -2.14. The quantitative estimate of drug-likeness (QED) is 0.755. The summed E-state index contributed by atoms with van der Waals surface area (Å²) in [4.78, 5) is 0. The topological polar surface area (TPSA) is 12.0 Å². The lowest BCUT2D eigenvalue weighted by Crippen LogP contribution is -2.25. The van der Waals surface area contributed by atoms with Crippen molar-refractivity contribution in [2.24, 2.45) is 5.92 Å². The number of hydrogen-bond acceptors (Lipinski definition) is 1. The summed E-state index contributed by atoms with van der Waals surface area (Å²) in [6, 6.07) is 5.77. The molecule has 1 nitrogen and oxygen atoms in total. The zero-order valence-electron chi connectivity index (χ0n) is 11.5. The van der Waals surface area contributed by atoms with Crippen molar-refractivity contribution < 1.29 is 4.39 Å². The molecule has 0 fully saturated rings. The van der Waals surface area contributed by atoms with E-state index in [9.17, 15) is 4.39 Å². The lowest BCUT2D eigenvalue weighted by molar-refractivity contribution is 0.456. The molecule has 0 saturated carbocycles. The number of nitrogens with one attached hydrogen (secondary N) is 1. The van der Waals surface area contributed by atoms with Crippen molar-refractivity contribution in [2.75, 3.05) is 0 Å². The van der Waals surface area contributed by atoms with Crippen molar-refractivity contribution in [3.05, 3.63) is 34.1 Å². The van der Waals surface area contributed by atoms with Crippen LogP contribution in [0.15, 0.2) is 22.7 Å². The molecular weight excluding hydrogens is 293 g/mol. The fourth-order valence-corrected chi connectivity index (χ4v) is 2.12. The summed E-state index contributed by atoms with van der Waals surface area (Å²) in [6.07, 6.45) is 3.71.